The lowest BCUT2D eigenvalue weighted by molar-refractivity contribution is 0.213. The van der Waals surface area contributed by atoms with Gasteiger partial charge in [0.2, 0.25) is 10.0 Å². The molecule has 1 aromatic rings. The molecule has 0 bridgehead atoms. The molecule has 1 aromatic carbocycles. The number of benzene rings is 1. The van der Waals surface area contributed by atoms with Crippen molar-refractivity contribution in [2.75, 3.05) is 12.8 Å². The maximum Gasteiger partial charge on any atom is 0.243 e. The summed E-state index contributed by atoms with van der Waals surface area (Å²) in [5, 5.41) is 0. The van der Waals surface area contributed by atoms with E-state index in [4.69, 9.17) is 5.73 Å². The Labute approximate surface area is 128 Å². The smallest absolute Gasteiger partial charge is 0.243 e. The SMILES string of the molecule is Cc1cc(N)cc(C)c1S(=O)(=O)N(C)C1CCCCC1C. The lowest BCUT2D eigenvalue weighted by atomic mass is 9.86. The molecule has 2 unspecified atom stereocenters. The van der Waals surface area contributed by atoms with Gasteiger partial charge in [-0.05, 0) is 55.9 Å². The fraction of sp³-hybridized carbons (Fsp3) is 0.625. The third-order valence-electron chi connectivity index (χ3n) is 4.65. The van der Waals surface area contributed by atoms with E-state index in [1.807, 2.05) is 13.8 Å². The number of sulfonamides is 1. The van der Waals surface area contributed by atoms with Crippen LogP contribution in [-0.2, 0) is 10.0 Å². The average Bonchev–Trinajstić information content (AvgIpc) is 2.36. The second-order valence-electron chi connectivity index (χ2n) is 6.33. The van der Waals surface area contributed by atoms with Crippen molar-refractivity contribution in [3.8, 4) is 0 Å². The van der Waals surface area contributed by atoms with Gasteiger partial charge in [0, 0.05) is 18.8 Å². The van der Waals surface area contributed by atoms with Gasteiger partial charge in [-0.2, -0.15) is 4.31 Å². The minimum atomic E-state index is -3.47. The first kappa shape index (κ1) is 16.3. The van der Waals surface area contributed by atoms with E-state index in [2.05, 4.69) is 6.92 Å². The van der Waals surface area contributed by atoms with E-state index >= 15 is 0 Å². The molecule has 1 aliphatic rings. The van der Waals surface area contributed by atoms with Crippen LogP contribution in [0.1, 0.15) is 43.7 Å². The van der Waals surface area contributed by atoms with Crippen molar-refractivity contribution in [2.45, 2.75) is 57.4 Å². The molecule has 1 fully saturated rings. The Balaban J connectivity index is 2.42. The van der Waals surface area contributed by atoms with E-state index in [1.165, 1.54) is 6.42 Å². The molecule has 1 saturated carbocycles. The summed E-state index contributed by atoms with van der Waals surface area (Å²) in [6.45, 7) is 5.78. The number of hydrogen-bond acceptors (Lipinski definition) is 3. The molecular formula is C16H26N2O2S. The van der Waals surface area contributed by atoms with Crippen molar-refractivity contribution < 1.29 is 8.42 Å². The lowest BCUT2D eigenvalue weighted by Gasteiger charge is -2.36. The lowest BCUT2D eigenvalue weighted by Crippen LogP contribution is -2.43. The maximum atomic E-state index is 13.0. The van der Waals surface area contributed by atoms with Crippen molar-refractivity contribution in [1.82, 2.24) is 4.31 Å². The molecule has 0 amide bonds. The van der Waals surface area contributed by atoms with E-state index in [0.717, 1.165) is 30.4 Å². The van der Waals surface area contributed by atoms with E-state index in [1.54, 1.807) is 23.5 Å². The van der Waals surface area contributed by atoms with Crippen LogP contribution in [0, 0.1) is 19.8 Å². The van der Waals surface area contributed by atoms with Gasteiger partial charge in [0.25, 0.3) is 0 Å². The normalized spacial score (nSPS) is 23.5. The van der Waals surface area contributed by atoms with Gasteiger partial charge in [0.15, 0.2) is 0 Å². The zero-order valence-electron chi connectivity index (χ0n) is 13.4. The highest BCUT2D eigenvalue weighted by molar-refractivity contribution is 7.89. The van der Waals surface area contributed by atoms with Crippen molar-refractivity contribution in [3.05, 3.63) is 23.3 Å². The standard InChI is InChI=1S/C16H26N2O2S/c1-11-7-5-6-8-15(11)18(4)21(19,20)16-12(2)9-14(17)10-13(16)3/h9-11,15H,5-8,17H2,1-4H3. The van der Waals surface area contributed by atoms with Crippen LogP contribution in [0.15, 0.2) is 17.0 Å². The summed E-state index contributed by atoms with van der Waals surface area (Å²) in [5.74, 6) is 0.410. The monoisotopic (exact) mass is 310 g/mol. The second kappa shape index (κ2) is 5.97. The molecule has 0 heterocycles. The Morgan fingerprint density at radius 2 is 1.67 bits per heavy atom. The summed E-state index contributed by atoms with van der Waals surface area (Å²) < 4.78 is 27.6. The highest BCUT2D eigenvalue weighted by atomic mass is 32.2. The summed E-state index contributed by atoms with van der Waals surface area (Å²) in [7, 11) is -1.75. The van der Waals surface area contributed by atoms with Crippen molar-refractivity contribution in [2.24, 2.45) is 5.92 Å². The van der Waals surface area contributed by atoms with E-state index in [-0.39, 0.29) is 6.04 Å². The Hall–Kier alpha value is -1.07. The molecule has 0 saturated heterocycles. The number of hydrogen-bond donors (Lipinski definition) is 1. The summed E-state index contributed by atoms with van der Waals surface area (Å²) in [5.41, 5.74) is 7.86. The predicted octanol–water partition coefficient (Wildman–Crippen LogP) is 3.08. The molecule has 5 heteroatoms. The molecule has 1 aliphatic carbocycles. The van der Waals surface area contributed by atoms with Crippen LogP contribution in [-0.4, -0.2) is 25.8 Å². The third-order valence-corrected chi connectivity index (χ3v) is 6.84. The average molecular weight is 310 g/mol. The molecular weight excluding hydrogens is 284 g/mol. The molecule has 118 valence electrons. The number of nitrogens with zero attached hydrogens (tertiary/aromatic N) is 1. The number of aryl methyl sites for hydroxylation is 2. The van der Waals surface area contributed by atoms with Gasteiger partial charge in [-0.25, -0.2) is 8.42 Å². The van der Waals surface area contributed by atoms with Crippen LogP contribution < -0.4 is 5.73 Å². The van der Waals surface area contributed by atoms with E-state index in [9.17, 15) is 8.42 Å². The Morgan fingerprint density at radius 1 is 1.14 bits per heavy atom. The van der Waals surface area contributed by atoms with E-state index in [0.29, 0.717) is 16.5 Å². The van der Waals surface area contributed by atoms with Gasteiger partial charge < -0.3 is 5.73 Å². The van der Waals surface area contributed by atoms with Gasteiger partial charge in [-0.3, -0.25) is 0 Å². The van der Waals surface area contributed by atoms with Gasteiger partial charge in [0.05, 0.1) is 4.90 Å². The Kier molecular flexibility index (Phi) is 4.63. The van der Waals surface area contributed by atoms with Crippen molar-refractivity contribution in [3.63, 3.8) is 0 Å². The van der Waals surface area contributed by atoms with Crippen LogP contribution in [0.25, 0.3) is 0 Å². The van der Waals surface area contributed by atoms with Crippen LogP contribution in [0.4, 0.5) is 5.69 Å². The molecule has 2 atom stereocenters. The van der Waals surface area contributed by atoms with Gasteiger partial charge >= 0.3 is 0 Å². The number of nitrogen functional groups attached to an aromatic ring is 1. The molecule has 0 aliphatic heterocycles. The summed E-state index contributed by atoms with van der Waals surface area (Å²) in [4.78, 5) is 0.414. The topological polar surface area (TPSA) is 63.4 Å². The zero-order chi connectivity index (χ0) is 15.8. The largest absolute Gasteiger partial charge is 0.399 e. The minimum Gasteiger partial charge on any atom is -0.399 e. The number of anilines is 1. The molecule has 2 N–H and O–H groups in total. The fourth-order valence-corrected chi connectivity index (χ4v) is 5.44. The molecule has 4 nitrogen and oxygen atoms in total. The molecule has 2 rings (SSSR count). The number of rotatable bonds is 3. The highest BCUT2D eigenvalue weighted by Gasteiger charge is 2.34. The first-order chi connectivity index (χ1) is 9.75. The minimum absolute atomic E-state index is 0.0973. The van der Waals surface area contributed by atoms with Crippen molar-refractivity contribution in [1.29, 1.82) is 0 Å². The maximum absolute atomic E-state index is 13.0. The van der Waals surface area contributed by atoms with Crippen LogP contribution in [0.3, 0.4) is 0 Å². The highest BCUT2D eigenvalue weighted by Crippen LogP contribution is 2.33. The Bertz CT molecular complexity index is 602. The van der Waals surface area contributed by atoms with Crippen LogP contribution in [0.5, 0.6) is 0 Å². The molecule has 0 spiro atoms. The van der Waals surface area contributed by atoms with Gasteiger partial charge in [-0.15, -0.1) is 0 Å². The van der Waals surface area contributed by atoms with Crippen LogP contribution in [0.2, 0.25) is 0 Å². The summed E-state index contributed by atoms with van der Waals surface area (Å²) in [6, 6.07) is 3.57. The quantitative estimate of drug-likeness (QED) is 0.873. The first-order valence-electron chi connectivity index (χ1n) is 7.60. The van der Waals surface area contributed by atoms with Crippen molar-refractivity contribution >= 4 is 15.7 Å². The van der Waals surface area contributed by atoms with Gasteiger partial charge in [0.1, 0.15) is 0 Å². The predicted molar refractivity (Wildman–Crippen MR) is 86.7 cm³/mol. The zero-order valence-corrected chi connectivity index (χ0v) is 14.2. The van der Waals surface area contributed by atoms with Gasteiger partial charge in [-0.1, -0.05) is 19.8 Å². The molecule has 21 heavy (non-hydrogen) atoms. The summed E-state index contributed by atoms with van der Waals surface area (Å²) in [6.07, 6.45) is 4.36. The number of nitrogens with two attached hydrogens (primary N) is 1. The van der Waals surface area contributed by atoms with Crippen LogP contribution >= 0.6 is 0 Å². The van der Waals surface area contributed by atoms with E-state index < -0.39 is 10.0 Å². The second-order valence-corrected chi connectivity index (χ2v) is 8.27. The first-order valence-corrected chi connectivity index (χ1v) is 9.04. The third kappa shape index (κ3) is 3.09. The Morgan fingerprint density at radius 3 is 2.19 bits per heavy atom. The molecule has 0 radical (unpaired) electrons. The summed E-state index contributed by atoms with van der Waals surface area (Å²) >= 11 is 0. The molecule has 0 aromatic heterocycles. The fourth-order valence-electron chi connectivity index (χ4n) is 3.55.